The summed E-state index contributed by atoms with van der Waals surface area (Å²) in [7, 11) is 0. The van der Waals surface area contributed by atoms with E-state index >= 15 is 0 Å². The summed E-state index contributed by atoms with van der Waals surface area (Å²) in [5.74, 6) is 0.0887. The highest BCUT2D eigenvalue weighted by Gasteiger charge is 2.44. The van der Waals surface area contributed by atoms with Crippen molar-refractivity contribution in [2.45, 2.75) is 51.2 Å². The van der Waals surface area contributed by atoms with Crippen LogP contribution in [0, 0.1) is 0 Å². The molecule has 7 nitrogen and oxygen atoms in total. The van der Waals surface area contributed by atoms with Gasteiger partial charge in [-0.15, -0.1) is 0 Å². The second-order valence-electron chi connectivity index (χ2n) is 6.00. The molecule has 108 valence electrons. The van der Waals surface area contributed by atoms with Gasteiger partial charge in [-0.05, 0) is 33.1 Å². The molecule has 4 N–H and O–H groups in total. The zero-order valence-corrected chi connectivity index (χ0v) is 11.7. The Morgan fingerprint density at radius 2 is 2.20 bits per heavy atom. The first kappa shape index (κ1) is 13.0. The van der Waals surface area contributed by atoms with Gasteiger partial charge in [-0.3, -0.25) is 9.78 Å². The molecule has 1 fully saturated rings. The Morgan fingerprint density at radius 1 is 1.50 bits per heavy atom. The highest BCUT2D eigenvalue weighted by molar-refractivity contribution is 5.76. The maximum absolute atomic E-state index is 12.4. The van der Waals surface area contributed by atoms with Gasteiger partial charge in [-0.25, -0.2) is 9.78 Å². The smallest absolute Gasteiger partial charge is 0.318 e. The van der Waals surface area contributed by atoms with Gasteiger partial charge in [0.25, 0.3) is 5.56 Å². The zero-order chi connectivity index (χ0) is 14.5. The standard InChI is InChI=1S/C13H19N5O2/c1-13(2)9-8(16-11(14)17-10(9)19)6-18(13)12(20)15-7-4-3-5-7/h7H,3-6H2,1-2H3,(H,15,20)(H3,14,16,17,19). The Bertz CT molecular complexity index is 618. The molecule has 0 bridgehead atoms. The average molecular weight is 277 g/mol. The number of hydrogen-bond donors (Lipinski definition) is 3. The molecule has 0 radical (unpaired) electrons. The van der Waals surface area contributed by atoms with Crippen molar-refractivity contribution in [3.8, 4) is 0 Å². The lowest BCUT2D eigenvalue weighted by Gasteiger charge is -2.35. The minimum absolute atomic E-state index is 0.0887. The van der Waals surface area contributed by atoms with Gasteiger partial charge in [0.2, 0.25) is 5.95 Å². The van der Waals surface area contributed by atoms with Gasteiger partial charge in [-0.2, -0.15) is 0 Å². The Balaban J connectivity index is 1.91. The summed E-state index contributed by atoms with van der Waals surface area (Å²) in [5.41, 5.74) is 5.72. The number of carbonyl (C=O) groups is 1. The van der Waals surface area contributed by atoms with Gasteiger partial charge in [-0.1, -0.05) is 0 Å². The van der Waals surface area contributed by atoms with Gasteiger partial charge >= 0.3 is 6.03 Å². The Hall–Kier alpha value is -2.05. The first-order chi connectivity index (χ1) is 9.39. The summed E-state index contributed by atoms with van der Waals surface area (Å²) < 4.78 is 0. The van der Waals surface area contributed by atoms with Crippen molar-refractivity contribution in [1.29, 1.82) is 0 Å². The van der Waals surface area contributed by atoms with Crippen molar-refractivity contribution in [1.82, 2.24) is 20.2 Å². The number of hydrogen-bond acceptors (Lipinski definition) is 4. The maximum Gasteiger partial charge on any atom is 0.318 e. The molecule has 2 heterocycles. The number of rotatable bonds is 1. The fourth-order valence-electron chi connectivity index (χ4n) is 2.90. The van der Waals surface area contributed by atoms with Crippen molar-refractivity contribution < 1.29 is 4.79 Å². The van der Waals surface area contributed by atoms with Crippen molar-refractivity contribution >= 4 is 12.0 Å². The first-order valence-electron chi connectivity index (χ1n) is 6.87. The molecule has 1 aliphatic heterocycles. The van der Waals surface area contributed by atoms with Crippen LogP contribution >= 0.6 is 0 Å². The summed E-state index contributed by atoms with van der Waals surface area (Å²) in [5, 5.41) is 3.00. The van der Waals surface area contributed by atoms with Crippen LogP contribution in [-0.4, -0.2) is 26.9 Å². The summed E-state index contributed by atoms with van der Waals surface area (Å²) >= 11 is 0. The van der Waals surface area contributed by atoms with Crippen molar-refractivity contribution in [3.63, 3.8) is 0 Å². The topological polar surface area (TPSA) is 104 Å². The number of aromatic nitrogens is 2. The molecule has 3 rings (SSSR count). The van der Waals surface area contributed by atoms with Crippen molar-refractivity contribution in [2.24, 2.45) is 0 Å². The molecule has 2 aliphatic rings. The molecule has 2 amide bonds. The number of amides is 2. The molecule has 1 aromatic rings. The molecular weight excluding hydrogens is 258 g/mol. The molecule has 1 saturated carbocycles. The van der Waals surface area contributed by atoms with Crippen LogP contribution in [0.2, 0.25) is 0 Å². The van der Waals surface area contributed by atoms with Crippen LogP contribution in [0.4, 0.5) is 10.7 Å². The van der Waals surface area contributed by atoms with Crippen LogP contribution < -0.4 is 16.6 Å². The van der Waals surface area contributed by atoms with E-state index in [4.69, 9.17) is 5.73 Å². The SMILES string of the molecule is CC1(C)c2c(nc(N)[nH]c2=O)CN1C(=O)NC1CCC1. The van der Waals surface area contributed by atoms with E-state index in [2.05, 4.69) is 15.3 Å². The number of aromatic amines is 1. The predicted molar refractivity (Wildman–Crippen MR) is 74.0 cm³/mol. The van der Waals surface area contributed by atoms with E-state index in [9.17, 15) is 9.59 Å². The van der Waals surface area contributed by atoms with Gasteiger partial charge in [0.15, 0.2) is 0 Å². The van der Waals surface area contributed by atoms with Crippen LogP contribution in [0.3, 0.4) is 0 Å². The Kier molecular flexibility index (Phi) is 2.74. The predicted octanol–water partition coefficient (Wildman–Crippen LogP) is 0.665. The van der Waals surface area contributed by atoms with E-state index in [1.165, 1.54) is 0 Å². The second kappa shape index (κ2) is 4.22. The molecule has 0 saturated heterocycles. The van der Waals surface area contributed by atoms with Gasteiger partial charge in [0.1, 0.15) is 0 Å². The number of nitrogens with one attached hydrogen (secondary N) is 2. The third kappa shape index (κ3) is 1.85. The fourth-order valence-corrected chi connectivity index (χ4v) is 2.90. The van der Waals surface area contributed by atoms with Crippen LogP contribution in [0.1, 0.15) is 44.4 Å². The summed E-state index contributed by atoms with van der Waals surface area (Å²) in [4.78, 5) is 32.8. The van der Waals surface area contributed by atoms with E-state index in [1.54, 1.807) is 4.90 Å². The Morgan fingerprint density at radius 3 is 2.80 bits per heavy atom. The number of H-pyrrole nitrogens is 1. The minimum atomic E-state index is -0.683. The monoisotopic (exact) mass is 277 g/mol. The molecule has 0 aromatic carbocycles. The summed E-state index contributed by atoms with van der Waals surface area (Å²) in [6.45, 7) is 4.02. The molecule has 0 atom stereocenters. The lowest BCUT2D eigenvalue weighted by atomic mass is 9.93. The quantitative estimate of drug-likeness (QED) is 0.701. The third-order valence-corrected chi connectivity index (χ3v) is 4.29. The number of carbonyl (C=O) groups excluding carboxylic acids is 1. The van der Waals surface area contributed by atoms with Crippen molar-refractivity contribution in [2.75, 3.05) is 5.73 Å². The first-order valence-corrected chi connectivity index (χ1v) is 6.87. The van der Waals surface area contributed by atoms with Crippen LogP contribution in [0.5, 0.6) is 0 Å². The molecule has 20 heavy (non-hydrogen) atoms. The molecule has 1 aliphatic carbocycles. The number of nitrogens with zero attached hydrogens (tertiary/aromatic N) is 2. The number of anilines is 1. The number of nitrogens with two attached hydrogens (primary N) is 1. The van der Waals surface area contributed by atoms with E-state index < -0.39 is 5.54 Å². The lowest BCUT2D eigenvalue weighted by Crippen LogP contribution is -2.51. The number of fused-ring (bicyclic) bond motifs is 1. The van der Waals surface area contributed by atoms with Crippen LogP contribution in [0.15, 0.2) is 4.79 Å². The lowest BCUT2D eigenvalue weighted by molar-refractivity contribution is 0.136. The van der Waals surface area contributed by atoms with Gasteiger partial charge < -0.3 is 16.0 Å². The molecular formula is C13H19N5O2. The summed E-state index contributed by atoms with van der Waals surface area (Å²) in [6, 6.07) is 0.119. The van der Waals surface area contributed by atoms with E-state index in [1.807, 2.05) is 13.8 Å². The largest absolute Gasteiger partial charge is 0.369 e. The fraction of sp³-hybridized carbons (Fsp3) is 0.615. The van der Waals surface area contributed by atoms with Gasteiger partial charge in [0, 0.05) is 6.04 Å². The van der Waals surface area contributed by atoms with Crippen molar-refractivity contribution in [3.05, 3.63) is 21.6 Å². The zero-order valence-electron chi connectivity index (χ0n) is 11.7. The van der Waals surface area contributed by atoms with Crippen LogP contribution in [-0.2, 0) is 12.1 Å². The van der Waals surface area contributed by atoms with E-state index in [0.717, 1.165) is 19.3 Å². The minimum Gasteiger partial charge on any atom is -0.369 e. The normalized spacial score (nSPS) is 20.4. The van der Waals surface area contributed by atoms with Gasteiger partial charge in [0.05, 0.1) is 23.3 Å². The molecule has 7 heteroatoms. The van der Waals surface area contributed by atoms with Crippen LogP contribution in [0.25, 0.3) is 0 Å². The molecule has 1 aromatic heterocycles. The maximum atomic E-state index is 12.4. The highest BCUT2D eigenvalue weighted by Crippen LogP contribution is 2.35. The summed E-state index contributed by atoms with van der Waals surface area (Å²) in [6.07, 6.45) is 3.21. The highest BCUT2D eigenvalue weighted by atomic mass is 16.2. The van der Waals surface area contributed by atoms with E-state index in [0.29, 0.717) is 17.8 Å². The molecule has 0 spiro atoms. The Labute approximate surface area is 116 Å². The third-order valence-electron chi connectivity index (χ3n) is 4.29. The second-order valence-corrected chi connectivity index (χ2v) is 6.00. The number of nitrogen functional groups attached to an aromatic ring is 1. The average Bonchev–Trinajstić information content (AvgIpc) is 2.55. The molecule has 0 unspecified atom stereocenters. The van der Waals surface area contributed by atoms with E-state index in [-0.39, 0.29) is 23.6 Å². The number of urea groups is 1.